The molecule has 0 spiro atoms. The average molecular weight is 333 g/mol. The number of nitrogens with one attached hydrogen (secondary N) is 1. The van der Waals surface area contributed by atoms with Crippen LogP contribution in [0.4, 0.5) is 5.69 Å². The highest BCUT2D eigenvalue weighted by atomic mass is 16.5. The van der Waals surface area contributed by atoms with Gasteiger partial charge in [-0.25, -0.2) is 0 Å². The molecule has 0 saturated heterocycles. The van der Waals surface area contributed by atoms with Crippen molar-refractivity contribution in [1.29, 1.82) is 0 Å². The lowest BCUT2D eigenvalue weighted by atomic mass is 9.89. The van der Waals surface area contributed by atoms with Crippen molar-refractivity contribution in [3.8, 4) is 11.5 Å². The van der Waals surface area contributed by atoms with Crippen molar-refractivity contribution in [1.82, 2.24) is 0 Å². The second kappa shape index (κ2) is 6.13. The fourth-order valence-corrected chi connectivity index (χ4v) is 3.52. The SMILES string of the molecule is COc1ccc(OC)c(C2CC(=O)c3c(ccc4ccccc34)N2)c1. The molecule has 4 heteroatoms. The number of carbonyl (C=O) groups is 1. The van der Waals surface area contributed by atoms with Crippen LogP contribution < -0.4 is 14.8 Å². The number of carbonyl (C=O) groups excluding carboxylic acids is 1. The maximum atomic E-state index is 12.9. The number of ketones is 1. The van der Waals surface area contributed by atoms with Gasteiger partial charge in [-0.1, -0.05) is 30.3 Å². The van der Waals surface area contributed by atoms with E-state index in [1.165, 1.54) is 0 Å². The van der Waals surface area contributed by atoms with Crippen LogP contribution in [-0.4, -0.2) is 20.0 Å². The number of hydrogen-bond acceptors (Lipinski definition) is 4. The molecule has 1 unspecified atom stereocenters. The van der Waals surface area contributed by atoms with Crippen LogP contribution in [0.25, 0.3) is 10.8 Å². The molecule has 0 aromatic heterocycles. The van der Waals surface area contributed by atoms with E-state index in [0.717, 1.165) is 39.1 Å². The number of hydrogen-bond donors (Lipinski definition) is 1. The first-order valence-electron chi connectivity index (χ1n) is 8.24. The first-order valence-corrected chi connectivity index (χ1v) is 8.24. The molecule has 1 aliphatic rings. The predicted octanol–water partition coefficient (Wildman–Crippen LogP) is 4.60. The van der Waals surface area contributed by atoms with Gasteiger partial charge in [0.25, 0.3) is 0 Å². The highest BCUT2D eigenvalue weighted by Crippen LogP contribution is 2.40. The van der Waals surface area contributed by atoms with Crippen LogP contribution in [0.3, 0.4) is 0 Å². The van der Waals surface area contributed by atoms with Gasteiger partial charge in [0.1, 0.15) is 11.5 Å². The predicted molar refractivity (Wildman–Crippen MR) is 98.8 cm³/mol. The third-order valence-corrected chi connectivity index (χ3v) is 4.74. The lowest BCUT2D eigenvalue weighted by molar-refractivity contribution is 0.0973. The maximum absolute atomic E-state index is 12.9. The third-order valence-electron chi connectivity index (χ3n) is 4.74. The number of Topliss-reactive ketones (excluding diaryl/α,β-unsaturated/α-hetero) is 1. The van der Waals surface area contributed by atoms with Crippen LogP contribution in [0.15, 0.2) is 54.6 Å². The number of anilines is 1. The van der Waals surface area contributed by atoms with Gasteiger partial charge < -0.3 is 14.8 Å². The summed E-state index contributed by atoms with van der Waals surface area (Å²) in [5.41, 5.74) is 2.56. The zero-order valence-corrected chi connectivity index (χ0v) is 14.2. The monoisotopic (exact) mass is 333 g/mol. The molecule has 0 fully saturated rings. The molecule has 0 radical (unpaired) electrons. The summed E-state index contributed by atoms with van der Waals surface area (Å²) in [5, 5.41) is 5.58. The molecule has 4 rings (SSSR count). The Labute approximate surface area is 146 Å². The van der Waals surface area contributed by atoms with Crippen molar-refractivity contribution in [2.45, 2.75) is 12.5 Å². The number of fused-ring (bicyclic) bond motifs is 3. The Hall–Kier alpha value is -3.01. The molecule has 0 aliphatic carbocycles. The summed E-state index contributed by atoms with van der Waals surface area (Å²) < 4.78 is 10.8. The van der Waals surface area contributed by atoms with E-state index in [1.807, 2.05) is 54.6 Å². The standard InChI is InChI=1S/C21H19NO3/c1-24-14-8-10-20(25-2)16(11-14)18-12-19(23)21-15-6-4-3-5-13(15)7-9-17(21)22-18/h3-11,18,22H,12H2,1-2H3. The zero-order valence-electron chi connectivity index (χ0n) is 14.2. The van der Waals surface area contributed by atoms with E-state index in [-0.39, 0.29) is 11.8 Å². The molecule has 0 amide bonds. The minimum atomic E-state index is -0.147. The van der Waals surface area contributed by atoms with Gasteiger partial charge in [0.05, 0.1) is 20.3 Å². The van der Waals surface area contributed by atoms with E-state index in [9.17, 15) is 4.79 Å². The average Bonchev–Trinajstić information content (AvgIpc) is 2.66. The molecule has 3 aromatic rings. The van der Waals surface area contributed by atoms with Gasteiger partial charge in [-0.05, 0) is 35.0 Å². The summed E-state index contributed by atoms with van der Waals surface area (Å²) in [4.78, 5) is 12.9. The van der Waals surface area contributed by atoms with Gasteiger partial charge in [0, 0.05) is 23.2 Å². The Bertz CT molecular complexity index is 965. The van der Waals surface area contributed by atoms with Crippen LogP contribution >= 0.6 is 0 Å². The highest BCUT2D eigenvalue weighted by molar-refractivity contribution is 6.14. The van der Waals surface area contributed by atoms with Crippen LogP contribution in [0.1, 0.15) is 28.4 Å². The molecule has 3 aromatic carbocycles. The van der Waals surface area contributed by atoms with Gasteiger partial charge in [0.15, 0.2) is 5.78 Å². The Balaban J connectivity index is 1.80. The third kappa shape index (κ3) is 2.60. The second-order valence-corrected chi connectivity index (χ2v) is 6.14. The van der Waals surface area contributed by atoms with Crippen LogP contribution in [0, 0.1) is 0 Å². The Morgan fingerprint density at radius 3 is 2.64 bits per heavy atom. The molecule has 126 valence electrons. The molecule has 0 saturated carbocycles. The van der Waals surface area contributed by atoms with E-state index in [1.54, 1.807) is 14.2 Å². The van der Waals surface area contributed by atoms with E-state index in [2.05, 4.69) is 5.32 Å². The first-order chi connectivity index (χ1) is 12.2. The highest BCUT2D eigenvalue weighted by Gasteiger charge is 2.29. The molecule has 0 bridgehead atoms. The van der Waals surface area contributed by atoms with Gasteiger partial charge in [-0.3, -0.25) is 4.79 Å². The smallest absolute Gasteiger partial charge is 0.167 e. The van der Waals surface area contributed by atoms with Gasteiger partial charge in [-0.15, -0.1) is 0 Å². The molecule has 25 heavy (non-hydrogen) atoms. The lowest BCUT2D eigenvalue weighted by Gasteiger charge is -2.28. The van der Waals surface area contributed by atoms with E-state index >= 15 is 0 Å². The van der Waals surface area contributed by atoms with Crippen LogP contribution in [-0.2, 0) is 0 Å². The van der Waals surface area contributed by atoms with Crippen molar-refractivity contribution in [2.75, 3.05) is 19.5 Å². The molecular formula is C21H19NO3. The van der Waals surface area contributed by atoms with Crippen molar-refractivity contribution < 1.29 is 14.3 Å². The van der Waals surface area contributed by atoms with Gasteiger partial charge in [0.2, 0.25) is 0 Å². The molecule has 1 heterocycles. The topological polar surface area (TPSA) is 47.6 Å². The van der Waals surface area contributed by atoms with Crippen molar-refractivity contribution in [3.05, 3.63) is 65.7 Å². The number of benzene rings is 3. The minimum Gasteiger partial charge on any atom is -0.497 e. The summed E-state index contributed by atoms with van der Waals surface area (Å²) in [5.74, 6) is 1.63. The van der Waals surface area contributed by atoms with Crippen molar-refractivity contribution >= 4 is 22.2 Å². The fourth-order valence-electron chi connectivity index (χ4n) is 3.52. The summed E-state index contributed by atoms with van der Waals surface area (Å²) in [6, 6.07) is 17.5. The Morgan fingerprint density at radius 1 is 1.00 bits per heavy atom. The van der Waals surface area contributed by atoms with E-state index < -0.39 is 0 Å². The number of methoxy groups -OCH3 is 2. The summed E-state index contributed by atoms with van der Waals surface area (Å²) in [6.45, 7) is 0. The maximum Gasteiger partial charge on any atom is 0.167 e. The zero-order chi connectivity index (χ0) is 17.4. The summed E-state index contributed by atoms with van der Waals surface area (Å²) in [7, 11) is 3.27. The summed E-state index contributed by atoms with van der Waals surface area (Å²) in [6.07, 6.45) is 0.379. The number of rotatable bonds is 3. The van der Waals surface area contributed by atoms with Gasteiger partial charge >= 0.3 is 0 Å². The Morgan fingerprint density at radius 2 is 1.84 bits per heavy atom. The quantitative estimate of drug-likeness (QED) is 0.761. The molecule has 4 nitrogen and oxygen atoms in total. The molecule has 1 atom stereocenters. The largest absolute Gasteiger partial charge is 0.497 e. The van der Waals surface area contributed by atoms with Crippen LogP contribution in [0.2, 0.25) is 0 Å². The Kier molecular flexibility index (Phi) is 3.80. The molecular weight excluding hydrogens is 314 g/mol. The van der Waals surface area contributed by atoms with Gasteiger partial charge in [-0.2, -0.15) is 0 Å². The minimum absolute atomic E-state index is 0.139. The fraction of sp³-hybridized carbons (Fsp3) is 0.190. The van der Waals surface area contributed by atoms with E-state index in [4.69, 9.17) is 9.47 Å². The molecule has 1 N–H and O–H groups in total. The number of ether oxygens (including phenoxy) is 2. The summed E-state index contributed by atoms with van der Waals surface area (Å²) >= 11 is 0. The molecule has 1 aliphatic heterocycles. The van der Waals surface area contributed by atoms with E-state index in [0.29, 0.717) is 6.42 Å². The lowest BCUT2D eigenvalue weighted by Crippen LogP contribution is -2.23. The second-order valence-electron chi connectivity index (χ2n) is 6.14. The van der Waals surface area contributed by atoms with Crippen molar-refractivity contribution in [3.63, 3.8) is 0 Å². The normalized spacial score (nSPS) is 16.2. The van der Waals surface area contributed by atoms with Crippen molar-refractivity contribution in [2.24, 2.45) is 0 Å². The first kappa shape index (κ1) is 15.5. The van der Waals surface area contributed by atoms with Crippen LogP contribution in [0.5, 0.6) is 11.5 Å².